The molecule has 2 rings (SSSR count). The summed E-state index contributed by atoms with van der Waals surface area (Å²) in [5.41, 5.74) is 1.48. The fraction of sp³-hybridized carbons (Fsp3) is 0.550. The maximum absolute atomic E-state index is 12.1. The van der Waals surface area contributed by atoms with Crippen LogP contribution in [0.3, 0.4) is 0 Å². The molecule has 1 aliphatic heterocycles. The highest BCUT2D eigenvalue weighted by Crippen LogP contribution is 2.22. The average Bonchev–Trinajstić information content (AvgIpc) is 3.02. The maximum Gasteiger partial charge on any atom is 0.325 e. The second-order valence-electron chi connectivity index (χ2n) is 8.23. The third kappa shape index (κ3) is 6.56. The smallest absolute Gasteiger partial charge is 0.325 e. The molecule has 1 heterocycles. The Kier molecular flexibility index (Phi) is 7.05. The van der Waals surface area contributed by atoms with Gasteiger partial charge in [0.1, 0.15) is 6.54 Å². The zero-order chi connectivity index (χ0) is 21.8. The SMILES string of the molecule is CN(C(=O)COC(=O)CNC(=O)c1ccc(C(C)(C)C)cc1)[C@@H]1CCS(=O)(=O)C1. The second kappa shape index (κ2) is 8.94. The Bertz CT molecular complexity index is 871. The van der Waals surface area contributed by atoms with Crippen LogP contribution < -0.4 is 5.32 Å². The molecule has 0 spiro atoms. The molecule has 1 fully saturated rings. The van der Waals surface area contributed by atoms with Crippen LogP contribution in [0.2, 0.25) is 0 Å². The summed E-state index contributed by atoms with van der Waals surface area (Å²) >= 11 is 0. The van der Waals surface area contributed by atoms with Gasteiger partial charge in [-0.15, -0.1) is 0 Å². The van der Waals surface area contributed by atoms with Crippen molar-refractivity contribution >= 4 is 27.6 Å². The largest absolute Gasteiger partial charge is 0.454 e. The number of nitrogens with zero attached hydrogens (tertiary/aromatic N) is 1. The van der Waals surface area contributed by atoms with Crippen molar-refractivity contribution < 1.29 is 27.5 Å². The molecule has 1 atom stereocenters. The number of esters is 1. The number of sulfone groups is 1. The zero-order valence-electron chi connectivity index (χ0n) is 17.2. The van der Waals surface area contributed by atoms with E-state index in [9.17, 15) is 22.8 Å². The fourth-order valence-electron chi connectivity index (χ4n) is 2.96. The van der Waals surface area contributed by atoms with Gasteiger partial charge in [-0.2, -0.15) is 0 Å². The van der Waals surface area contributed by atoms with E-state index in [1.165, 1.54) is 11.9 Å². The number of rotatable bonds is 6. The highest BCUT2D eigenvalue weighted by Gasteiger charge is 2.32. The molecule has 29 heavy (non-hydrogen) atoms. The molecular formula is C20H28N2O6S. The molecular weight excluding hydrogens is 396 g/mol. The van der Waals surface area contributed by atoms with Gasteiger partial charge in [0, 0.05) is 18.7 Å². The number of benzene rings is 1. The normalized spacial score (nSPS) is 18.1. The first-order valence-corrected chi connectivity index (χ1v) is 11.2. The molecule has 0 saturated carbocycles. The van der Waals surface area contributed by atoms with Crippen molar-refractivity contribution in [3.8, 4) is 0 Å². The Morgan fingerprint density at radius 2 is 1.79 bits per heavy atom. The number of carbonyl (C=O) groups is 3. The third-order valence-corrected chi connectivity index (χ3v) is 6.66. The highest BCUT2D eigenvalue weighted by molar-refractivity contribution is 7.91. The number of amides is 2. The third-order valence-electron chi connectivity index (χ3n) is 4.91. The van der Waals surface area contributed by atoms with Crippen molar-refractivity contribution in [1.29, 1.82) is 0 Å². The lowest BCUT2D eigenvalue weighted by molar-refractivity contribution is -0.151. The molecule has 0 radical (unpaired) electrons. The van der Waals surface area contributed by atoms with Crippen LogP contribution in [0.4, 0.5) is 0 Å². The van der Waals surface area contributed by atoms with Crippen LogP contribution >= 0.6 is 0 Å². The van der Waals surface area contributed by atoms with Gasteiger partial charge < -0.3 is 15.0 Å². The van der Waals surface area contributed by atoms with Gasteiger partial charge in [-0.3, -0.25) is 14.4 Å². The molecule has 0 bridgehead atoms. The quantitative estimate of drug-likeness (QED) is 0.680. The molecule has 1 aliphatic rings. The Hall–Kier alpha value is -2.42. The van der Waals surface area contributed by atoms with Crippen molar-refractivity contribution in [3.05, 3.63) is 35.4 Å². The van der Waals surface area contributed by atoms with Crippen LogP contribution in [0.5, 0.6) is 0 Å². The Morgan fingerprint density at radius 3 is 2.31 bits per heavy atom. The van der Waals surface area contributed by atoms with Gasteiger partial charge in [0.25, 0.3) is 11.8 Å². The topological polar surface area (TPSA) is 110 Å². The van der Waals surface area contributed by atoms with E-state index in [4.69, 9.17) is 4.74 Å². The van der Waals surface area contributed by atoms with E-state index >= 15 is 0 Å². The Labute approximate surface area is 171 Å². The number of hydrogen-bond donors (Lipinski definition) is 1. The van der Waals surface area contributed by atoms with Crippen molar-refractivity contribution in [1.82, 2.24) is 10.2 Å². The van der Waals surface area contributed by atoms with Gasteiger partial charge in [-0.25, -0.2) is 8.42 Å². The van der Waals surface area contributed by atoms with Crippen LogP contribution in [0.15, 0.2) is 24.3 Å². The van der Waals surface area contributed by atoms with Gasteiger partial charge in [0.05, 0.1) is 11.5 Å². The number of ether oxygens (including phenoxy) is 1. The van der Waals surface area contributed by atoms with Crippen LogP contribution in [0.1, 0.15) is 43.1 Å². The van der Waals surface area contributed by atoms with E-state index in [0.717, 1.165) is 5.56 Å². The van der Waals surface area contributed by atoms with Crippen LogP contribution in [-0.2, 0) is 29.6 Å². The summed E-state index contributed by atoms with van der Waals surface area (Å²) in [4.78, 5) is 37.3. The second-order valence-corrected chi connectivity index (χ2v) is 10.5. The van der Waals surface area contributed by atoms with E-state index in [1.54, 1.807) is 12.1 Å². The predicted octanol–water partition coefficient (Wildman–Crippen LogP) is 0.903. The molecule has 0 aliphatic carbocycles. The highest BCUT2D eigenvalue weighted by atomic mass is 32.2. The van der Waals surface area contributed by atoms with E-state index in [0.29, 0.717) is 12.0 Å². The average molecular weight is 425 g/mol. The van der Waals surface area contributed by atoms with Gasteiger partial charge in [-0.1, -0.05) is 32.9 Å². The van der Waals surface area contributed by atoms with Gasteiger partial charge >= 0.3 is 5.97 Å². The molecule has 2 amide bonds. The van der Waals surface area contributed by atoms with Crippen molar-refractivity contribution in [2.45, 2.75) is 38.6 Å². The van der Waals surface area contributed by atoms with Crippen molar-refractivity contribution in [2.75, 3.05) is 31.7 Å². The molecule has 1 aromatic rings. The van der Waals surface area contributed by atoms with E-state index in [1.807, 2.05) is 12.1 Å². The van der Waals surface area contributed by atoms with Crippen molar-refractivity contribution in [3.63, 3.8) is 0 Å². The molecule has 0 unspecified atom stereocenters. The van der Waals surface area contributed by atoms with Gasteiger partial charge in [0.2, 0.25) is 0 Å². The molecule has 8 nitrogen and oxygen atoms in total. The summed E-state index contributed by atoms with van der Waals surface area (Å²) < 4.78 is 27.9. The van der Waals surface area contributed by atoms with Gasteiger partial charge in [0.15, 0.2) is 16.4 Å². The lowest BCUT2D eigenvalue weighted by Gasteiger charge is -2.23. The summed E-state index contributed by atoms with van der Waals surface area (Å²) in [7, 11) is -1.62. The summed E-state index contributed by atoms with van der Waals surface area (Å²) in [6, 6.07) is 6.71. The zero-order valence-corrected chi connectivity index (χ0v) is 18.0. The molecule has 0 aromatic heterocycles. The number of likely N-dealkylation sites (N-methyl/N-ethyl adjacent to an activating group) is 1. The number of hydrogen-bond acceptors (Lipinski definition) is 6. The summed E-state index contributed by atoms with van der Waals surface area (Å²) in [5.74, 6) is -1.66. The summed E-state index contributed by atoms with van der Waals surface area (Å²) in [6.45, 7) is 5.35. The van der Waals surface area contributed by atoms with Crippen LogP contribution in [-0.4, -0.2) is 68.8 Å². The lowest BCUT2D eigenvalue weighted by atomic mass is 9.87. The minimum atomic E-state index is -3.11. The standard InChI is InChI=1S/C20H28N2O6S/c1-20(2,3)15-7-5-14(6-8-15)19(25)21-11-18(24)28-12-17(23)22(4)16-9-10-29(26,27)13-16/h5-8,16H,9-13H2,1-4H3,(H,21,25)/t16-/m1/s1. The maximum atomic E-state index is 12.1. The number of carbonyl (C=O) groups excluding carboxylic acids is 3. The lowest BCUT2D eigenvalue weighted by Crippen LogP contribution is -2.41. The van der Waals surface area contributed by atoms with Crippen molar-refractivity contribution in [2.24, 2.45) is 0 Å². The fourth-order valence-corrected chi connectivity index (χ4v) is 4.73. The predicted molar refractivity (Wildman–Crippen MR) is 108 cm³/mol. The summed E-state index contributed by atoms with van der Waals surface area (Å²) in [6.07, 6.45) is 0.378. The minimum absolute atomic E-state index is 0.0266. The van der Waals surface area contributed by atoms with E-state index in [2.05, 4.69) is 26.1 Å². The van der Waals surface area contributed by atoms with Crippen LogP contribution in [0, 0.1) is 0 Å². The minimum Gasteiger partial charge on any atom is -0.454 e. The van der Waals surface area contributed by atoms with Crippen LogP contribution in [0.25, 0.3) is 0 Å². The molecule has 1 aromatic carbocycles. The molecule has 160 valence electrons. The van der Waals surface area contributed by atoms with E-state index < -0.39 is 40.3 Å². The first-order chi connectivity index (χ1) is 13.4. The number of nitrogens with one attached hydrogen (secondary N) is 1. The monoisotopic (exact) mass is 424 g/mol. The Morgan fingerprint density at radius 1 is 1.17 bits per heavy atom. The van der Waals surface area contributed by atoms with E-state index in [-0.39, 0.29) is 23.5 Å². The molecule has 1 N–H and O–H groups in total. The molecule has 1 saturated heterocycles. The summed E-state index contributed by atoms with van der Waals surface area (Å²) in [5, 5.41) is 2.46. The van der Waals surface area contributed by atoms with Gasteiger partial charge in [-0.05, 0) is 29.5 Å². The first-order valence-electron chi connectivity index (χ1n) is 9.39. The molecule has 9 heteroatoms. The first kappa shape index (κ1) is 22.9. The Balaban J connectivity index is 1.76.